The van der Waals surface area contributed by atoms with Gasteiger partial charge in [-0.05, 0) is 38.5 Å². The van der Waals surface area contributed by atoms with Crippen molar-refractivity contribution in [3.8, 4) is 0 Å². The molecule has 0 unspecified atom stereocenters. The minimum Gasteiger partial charge on any atom is -0.356 e. The van der Waals surface area contributed by atoms with Crippen LogP contribution in [0.4, 0.5) is 11.6 Å². The van der Waals surface area contributed by atoms with Crippen LogP contribution in [-0.2, 0) is 9.84 Å². The highest BCUT2D eigenvalue weighted by atomic mass is 32.2. The Morgan fingerprint density at radius 1 is 0.926 bits per heavy atom. The Balaban J connectivity index is 1.32. The zero-order valence-corrected chi connectivity index (χ0v) is 17.1. The topological polar surface area (TPSA) is 69.6 Å². The molecule has 7 nitrogen and oxygen atoms in total. The average molecular weight is 394 g/mol. The van der Waals surface area contributed by atoms with Gasteiger partial charge in [0.05, 0.1) is 11.5 Å². The van der Waals surface area contributed by atoms with Crippen LogP contribution in [0.25, 0.3) is 0 Å². The third-order valence-corrected chi connectivity index (χ3v) is 7.84. The molecule has 4 heterocycles. The van der Waals surface area contributed by atoms with Crippen LogP contribution in [0.5, 0.6) is 0 Å². The summed E-state index contributed by atoms with van der Waals surface area (Å²) in [6.45, 7) is 9.20. The van der Waals surface area contributed by atoms with E-state index in [0.717, 1.165) is 76.1 Å². The van der Waals surface area contributed by atoms with Crippen molar-refractivity contribution >= 4 is 21.5 Å². The fraction of sp³-hybridized carbons (Fsp3) is 0.789. The number of aromatic nitrogens is 2. The van der Waals surface area contributed by atoms with Gasteiger partial charge in [0.15, 0.2) is 0 Å². The normalized spacial score (nSPS) is 24.5. The first-order valence-electron chi connectivity index (χ1n) is 10.3. The maximum atomic E-state index is 11.6. The number of hydrogen-bond acceptors (Lipinski definition) is 7. The summed E-state index contributed by atoms with van der Waals surface area (Å²) in [6, 6.07) is 2.15. The highest BCUT2D eigenvalue weighted by Crippen LogP contribution is 2.24. The summed E-state index contributed by atoms with van der Waals surface area (Å²) in [5.41, 5.74) is 0. The molecule has 1 aromatic heterocycles. The number of sulfone groups is 1. The molecule has 3 aliphatic heterocycles. The summed E-state index contributed by atoms with van der Waals surface area (Å²) in [5.74, 6) is 4.24. The Kier molecular flexibility index (Phi) is 5.55. The third-order valence-electron chi connectivity index (χ3n) is 6.13. The average Bonchev–Trinajstić information content (AvgIpc) is 3.18. The molecule has 4 rings (SSSR count). The number of rotatable bonds is 4. The van der Waals surface area contributed by atoms with Gasteiger partial charge in [-0.25, -0.2) is 18.4 Å². The maximum Gasteiger partial charge on any atom is 0.150 e. The lowest BCUT2D eigenvalue weighted by Crippen LogP contribution is -2.48. The van der Waals surface area contributed by atoms with Gasteiger partial charge in [-0.3, -0.25) is 4.90 Å². The van der Waals surface area contributed by atoms with E-state index in [1.807, 2.05) is 6.92 Å². The van der Waals surface area contributed by atoms with Crippen molar-refractivity contribution in [2.24, 2.45) is 5.92 Å². The molecule has 3 saturated heterocycles. The van der Waals surface area contributed by atoms with Gasteiger partial charge in [-0.15, -0.1) is 0 Å². The molecule has 0 amide bonds. The van der Waals surface area contributed by atoms with E-state index >= 15 is 0 Å². The summed E-state index contributed by atoms with van der Waals surface area (Å²) < 4.78 is 23.2. The molecule has 0 aromatic carbocycles. The molecule has 0 aliphatic carbocycles. The summed E-state index contributed by atoms with van der Waals surface area (Å²) in [6.07, 6.45) is 4.15. The van der Waals surface area contributed by atoms with Gasteiger partial charge in [-0.1, -0.05) is 0 Å². The van der Waals surface area contributed by atoms with Gasteiger partial charge in [0.1, 0.15) is 27.3 Å². The largest absolute Gasteiger partial charge is 0.356 e. The van der Waals surface area contributed by atoms with Gasteiger partial charge < -0.3 is 9.80 Å². The maximum absolute atomic E-state index is 11.6. The molecule has 0 spiro atoms. The molecule has 8 heteroatoms. The van der Waals surface area contributed by atoms with Crippen molar-refractivity contribution < 1.29 is 8.42 Å². The van der Waals surface area contributed by atoms with E-state index in [4.69, 9.17) is 0 Å². The van der Waals surface area contributed by atoms with Crippen LogP contribution in [0.15, 0.2) is 6.07 Å². The van der Waals surface area contributed by atoms with E-state index in [2.05, 4.69) is 30.7 Å². The molecular weight excluding hydrogens is 362 g/mol. The number of nitrogens with zero attached hydrogens (tertiary/aromatic N) is 5. The van der Waals surface area contributed by atoms with Crippen LogP contribution in [0, 0.1) is 12.8 Å². The predicted octanol–water partition coefficient (Wildman–Crippen LogP) is 1.33. The first-order valence-corrected chi connectivity index (χ1v) is 12.1. The van der Waals surface area contributed by atoms with Crippen molar-refractivity contribution in [1.29, 1.82) is 0 Å². The number of hydrogen-bond donors (Lipinski definition) is 0. The monoisotopic (exact) mass is 393 g/mol. The number of anilines is 2. The van der Waals surface area contributed by atoms with Gasteiger partial charge in [0, 0.05) is 51.9 Å². The number of aryl methyl sites for hydroxylation is 1. The van der Waals surface area contributed by atoms with Gasteiger partial charge in [0.25, 0.3) is 0 Å². The smallest absolute Gasteiger partial charge is 0.150 e. The second-order valence-corrected chi connectivity index (χ2v) is 10.5. The van der Waals surface area contributed by atoms with E-state index in [1.54, 1.807) is 0 Å². The summed E-state index contributed by atoms with van der Waals surface area (Å²) in [4.78, 5) is 16.6. The van der Waals surface area contributed by atoms with Gasteiger partial charge >= 0.3 is 0 Å². The van der Waals surface area contributed by atoms with E-state index in [9.17, 15) is 8.42 Å². The molecule has 0 atom stereocenters. The highest BCUT2D eigenvalue weighted by molar-refractivity contribution is 7.91. The molecule has 0 radical (unpaired) electrons. The van der Waals surface area contributed by atoms with E-state index < -0.39 is 9.84 Å². The summed E-state index contributed by atoms with van der Waals surface area (Å²) in [5, 5.41) is 0. The van der Waals surface area contributed by atoms with Crippen LogP contribution < -0.4 is 9.80 Å². The van der Waals surface area contributed by atoms with Crippen molar-refractivity contribution in [3.63, 3.8) is 0 Å². The van der Waals surface area contributed by atoms with Crippen molar-refractivity contribution in [1.82, 2.24) is 14.9 Å². The predicted molar refractivity (Wildman–Crippen MR) is 108 cm³/mol. The van der Waals surface area contributed by atoms with Crippen LogP contribution in [0.2, 0.25) is 0 Å². The summed E-state index contributed by atoms with van der Waals surface area (Å²) in [7, 11) is -2.76. The minimum absolute atomic E-state index is 0.372. The van der Waals surface area contributed by atoms with E-state index in [0.29, 0.717) is 17.4 Å². The second kappa shape index (κ2) is 7.91. The first kappa shape index (κ1) is 18.9. The molecule has 1 aromatic rings. The van der Waals surface area contributed by atoms with Crippen LogP contribution in [-0.4, -0.2) is 80.6 Å². The molecule has 3 aliphatic rings. The molecule has 0 N–H and O–H groups in total. The fourth-order valence-corrected chi connectivity index (χ4v) is 6.04. The van der Waals surface area contributed by atoms with E-state index in [-0.39, 0.29) is 0 Å². The van der Waals surface area contributed by atoms with Crippen molar-refractivity contribution in [2.75, 3.05) is 67.1 Å². The van der Waals surface area contributed by atoms with Gasteiger partial charge in [-0.2, -0.15) is 0 Å². The molecule has 150 valence electrons. The van der Waals surface area contributed by atoms with Crippen LogP contribution in [0.1, 0.15) is 31.5 Å². The molecule has 0 saturated carbocycles. The van der Waals surface area contributed by atoms with E-state index in [1.165, 1.54) is 12.8 Å². The van der Waals surface area contributed by atoms with Crippen molar-refractivity contribution in [3.05, 3.63) is 11.9 Å². The Morgan fingerprint density at radius 3 is 2.07 bits per heavy atom. The molecule has 0 bridgehead atoms. The number of piperazine rings is 1. The Hall–Kier alpha value is -1.41. The van der Waals surface area contributed by atoms with Crippen LogP contribution >= 0.6 is 0 Å². The lowest BCUT2D eigenvalue weighted by atomic mass is 10.0. The molecule has 3 fully saturated rings. The Bertz CT molecular complexity index is 741. The third kappa shape index (κ3) is 4.71. The highest BCUT2D eigenvalue weighted by Gasteiger charge is 2.27. The lowest BCUT2D eigenvalue weighted by molar-refractivity contribution is 0.211. The zero-order valence-electron chi connectivity index (χ0n) is 16.3. The lowest BCUT2D eigenvalue weighted by Gasteiger charge is -2.38. The fourth-order valence-electron chi connectivity index (χ4n) is 4.45. The second-order valence-electron chi connectivity index (χ2n) is 8.21. The standard InChI is InChI=1S/C19H31N5O2S/c1-16-20-18(23-6-2-3-7-23)14-19(21-16)24-10-8-22(9-11-24)15-17-4-12-27(25,26)13-5-17/h14,17H,2-13,15H2,1H3. The van der Waals surface area contributed by atoms with Crippen LogP contribution in [0.3, 0.4) is 0 Å². The Morgan fingerprint density at radius 2 is 1.48 bits per heavy atom. The van der Waals surface area contributed by atoms with Crippen molar-refractivity contribution in [2.45, 2.75) is 32.6 Å². The molecular formula is C19H31N5O2S. The Labute approximate surface area is 162 Å². The first-order chi connectivity index (χ1) is 13.0. The SMILES string of the molecule is Cc1nc(N2CCCC2)cc(N2CCN(CC3CCS(=O)(=O)CC3)CC2)n1. The summed E-state index contributed by atoms with van der Waals surface area (Å²) >= 11 is 0. The molecule has 27 heavy (non-hydrogen) atoms. The quantitative estimate of drug-likeness (QED) is 0.764. The minimum atomic E-state index is -2.76. The van der Waals surface area contributed by atoms with Gasteiger partial charge in [0.2, 0.25) is 0 Å². The zero-order chi connectivity index (χ0) is 18.9.